The van der Waals surface area contributed by atoms with Crippen molar-refractivity contribution < 1.29 is 5.21 Å². The number of fused-ring (bicyclic) bond motifs is 2. The number of nitrogens with zero attached hydrogens (tertiary/aromatic N) is 3. The Kier molecular flexibility index (Phi) is 2.51. The van der Waals surface area contributed by atoms with Crippen LogP contribution in [0.15, 0.2) is 9.50 Å². The normalized spacial score (nSPS) is 35.0. The monoisotopic (exact) mass is 256 g/mol. The van der Waals surface area contributed by atoms with Crippen molar-refractivity contribution in [2.24, 2.45) is 17.0 Å². The molecule has 2 fully saturated rings. The summed E-state index contributed by atoms with van der Waals surface area (Å²) in [6.07, 6.45) is 3.56. The minimum absolute atomic E-state index is 0.274. The van der Waals surface area contributed by atoms with Gasteiger partial charge < -0.3 is 10.9 Å². The molecule has 2 aliphatic rings. The maximum atomic E-state index is 9.06. The van der Waals surface area contributed by atoms with Gasteiger partial charge in [0.25, 0.3) is 0 Å². The van der Waals surface area contributed by atoms with Crippen molar-refractivity contribution in [1.29, 1.82) is 0 Å². The zero-order valence-corrected chi connectivity index (χ0v) is 10.2. The van der Waals surface area contributed by atoms with Crippen LogP contribution in [0.3, 0.4) is 0 Å². The van der Waals surface area contributed by atoms with Crippen LogP contribution in [0.25, 0.3) is 0 Å². The Morgan fingerprint density at radius 1 is 1.44 bits per heavy atom. The molecule has 1 heterocycles. The maximum absolute atomic E-state index is 9.06. The second-order valence-electron chi connectivity index (χ2n) is 4.24. The van der Waals surface area contributed by atoms with Crippen LogP contribution in [0.2, 0.25) is 0 Å². The molecule has 1 aromatic heterocycles. The molecule has 5 nitrogen and oxygen atoms in total. The molecule has 7 heteroatoms. The largest absolute Gasteiger partial charge is 0.411 e. The molecule has 3 rings (SSSR count). The van der Waals surface area contributed by atoms with E-state index in [0.29, 0.717) is 17.0 Å². The fraction of sp³-hybridized carbons (Fsp3) is 0.667. The highest BCUT2D eigenvalue weighted by atomic mass is 32.2. The minimum atomic E-state index is 0.274. The summed E-state index contributed by atoms with van der Waals surface area (Å²) in [5.41, 5.74) is 6.49. The number of oxime groups is 1. The number of aromatic nitrogens is 2. The molecule has 86 valence electrons. The number of nitrogens with two attached hydrogens (primary N) is 1. The first-order chi connectivity index (χ1) is 7.78. The summed E-state index contributed by atoms with van der Waals surface area (Å²) < 4.78 is 0.871. The van der Waals surface area contributed by atoms with E-state index in [1.54, 1.807) is 11.8 Å². The maximum Gasteiger partial charge on any atom is 0.203 e. The van der Waals surface area contributed by atoms with Crippen molar-refractivity contribution >= 4 is 33.9 Å². The average molecular weight is 256 g/mol. The molecule has 0 amide bonds. The lowest BCUT2D eigenvalue weighted by Gasteiger charge is -2.20. The number of hydrogen-bond acceptors (Lipinski definition) is 7. The van der Waals surface area contributed by atoms with Gasteiger partial charge in [-0.2, -0.15) is 0 Å². The molecule has 1 aromatic rings. The van der Waals surface area contributed by atoms with Gasteiger partial charge in [-0.3, -0.25) is 0 Å². The lowest BCUT2D eigenvalue weighted by Crippen LogP contribution is -2.24. The third-order valence-electron chi connectivity index (χ3n) is 3.38. The molecule has 2 aliphatic carbocycles. The van der Waals surface area contributed by atoms with E-state index < -0.39 is 0 Å². The highest BCUT2D eigenvalue weighted by Crippen LogP contribution is 2.49. The Balaban J connectivity index is 1.80. The summed E-state index contributed by atoms with van der Waals surface area (Å²) >= 11 is 3.04. The standard InChI is InChI=1S/C9H12N4OS2/c10-8-11-12-9(16-8)15-7-5-2-1-4(3-5)6(7)13-14/h4-5,7,14H,1-3H2,(H2,10,11)/b13-6-/t4-,5-,7+/m0/s1. The molecule has 16 heavy (non-hydrogen) atoms. The zero-order valence-electron chi connectivity index (χ0n) is 8.54. The fourth-order valence-electron chi connectivity index (χ4n) is 2.71. The highest BCUT2D eigenvalue weighted by molar-refractivity contribution is 8.02. The van der Waals surface area contributed by atoms with Gasteiger partial charge in [-0.25, -0.2) is 0 Å². The number of hydrogen-bond donors (Lipinski definition) is 2. The van der Waals surface area contributed by atoms with Crippen LogP contribution >= 0.6 is 23.1 Å². The summed E-state index contributed by atoms with van der Waals surface area (Å²) in [7, 11) is 0. The van der Waals surface area contributed by atoms with E-state index in [1.807, 2.05) is 0 Å². The number of rotatable bonds is 2. The van der Waals surface area contributed by atoms with Crippen LogP contribution < -0.4 is 5.73 Å². The van der Waals surface area contributed by atoms with Crippen LogP contribution in [-0.2, 0) is 0 Å². The lowest BCUT2D eigenvalue weighted by molar-refractivity contribution is 0.314. The Bertz CT molecular complexity index is 433. The fourth-order valence-corrected chi connectivity index (χ4v) is 4.91. The minimum Gasteiger partial charge on any atom is -0.411 e. The van der Waals surface area contributed by atoms with Gasteiger partial charge in [-0.05, 0) is 25.2 Å². The predicted molar refractivity (Wildman–Crippen MR) is 64.0 cm³/mol. The number of anilines is 1. The molecular weight excluding hydrogens is 244 g/mol. The molecule has 0 unspecified atom stereocenters. The third-order valence-corrected chi connectivity index (χ3v) is 5.63. The van der Waals surface area contributed by atoms with E-state index >= 15 is 0 Å². The van der Waals surface area contributed by atoms with Crippen molar-refractivity contribution in [3.05, 3.63) is 0 Å². The summed E-state index contributed by atoms with van der Waals surface area (Å²) in [5, 5.41) is 21.1. The topological polar surface area (TPSA) is 84.4 Å². The first kappa shape index (κ1) is 10.3. The quantitative estimate of drug-likeness (QED) is 0.623. The Labute approximate surface area is 101 Å². The van der Waals surface area contributed by atoms with E-state index in [-0.39, 0.29) is 5.25 Å². The third kappa shape index (κ3) is 1.58. The summed E-state index contributed by atoms with van der Waals surface area (Å²) in [5.74, 6) is 1.11. The van der Waals surface area contributed by atoms with Crippen molar-refractivity contribution in [2.75, 3.05) is 5.73 Å². The first-order valence-corrected chi connectivity index (χ1v) is 6.95. The smallest absolute Gasteiger partial charge is 0.203 e. The van der Waals surface area contributed by atoms with Crippen molar-refractivity contribution in [3.8, 4) is 0 Å². The second-order valence-corrected chi connectivity index (χ2v) is 6.64. The molecule has 0 spiro atoms. The second kappa shape index (κ2) is 3.89. The van der Waals surface area contributed by atoms with E-state index in [1.165, 1.54) is 24.2 Å². The predicted octanol–water partition coefficient (Wildman–Crippen LogP) is 1.84. The number of nitrogen functional groups attached to an aromatic ring is 1. The van der Waals surface area contributed by atoms with Gasteiger partial charge in [-0.15, -0.1) is 10.2 Å². The van der Waals surface area contributed by atoms with Gasteiger partial charge in [-0.1, -0.05) is 28.3 Å². The molecular formula is C9H12N4OS2. The van der Waals surface area contributed by atoms with Crippen LogP contribution in [-0.4, -0.2) is 26.4 Å². The van der Waals surface area contributed by atoms with Crippen LogP contribution in [0.5, 0.6) is 0 Å². The Hall–Kier alpha value is -0.820. The van der Waals surface area contributed by atoms with E-state index in [2.05, 4.69) is 15.4 Å². The molecule has 2 saturated carbocycles. The average Bonchev–Trinajstić information content (AvgIpc) is 2.94. The Morgan fingerprint density at radius 2 is 2.31 bits per heavy atom. The summed E-state index contributed by atoms with van der Waals surface area (Å²) in [6.45, 7) is 0. The lowest BCUT2D eigenvalue weighted by atomic mass is 9.98. The summed E-state index contributed by atoms with van der Waals surface area (Å²) in [6, 6.07) is 0. The van der Waals surface area contributed by atoms with Crippen LogP contribution in [0.1, 0.15) is 19.3 Å². The molecule has 0 aromatic carbocycles. The zero-order chi connectivity index (χ0) is 11.1. The van der Waals surface area contributed by atoms with E-state index in [0.717, 1.165) is 16.5 Å². The first-order valence-electron chi connectivity index (χ1n) is 5.25. The van der Waals surface area contributed by atoms with Crippen LogP contribution in [0.4, 0.5) is 5.13 Å². The molecule has 0 aliphatic heterocycles. The van der Waals surface area contributed by atoms with Gasteiger partial charge >= 0.3 is 0 Å². The molecule has 3 atom stereocenters. The molecule has 2 bridgehead atoms. The van der Waals surface area contributed by atoms with Gasteiger partial charge in [0.15, 0.2) is 4.34 Å². The van der Waals surface area contributed by atoms with Gasteiger partial charge in [0, 0.05) is 5.92 Å². The molecule has 0 radical (unpaired) electrons. The van der Waals surface area contributed by atoms with E-state index in [4.69, 9.17) is 10.9 Å². The summed E-state index contributed by atoms with van der Waals surface area (Å²) in [4.78, 5) is 0. The van der Waals surface area contributed by atoms with Crippen molar-refractivity contribution in [2.45, 2.75) is 28.9 Å². The number of thioether (sulfide) groups is 1. The van der Waals surface area contributed by atoms with Crippen LogP contribution in [0, 0.1) is 11.8 Å². The van der Waals surface area contributed by atoms with E-state index in [9.17, 15) is 0 Å². The molecule has 3 N–H and O–H groups in total. The van der Waals surface area contributed by atoms with Gasteiger partial charge in [0.05, 0.1) is 11.0 Å². The van der Waals surface area contributed by atoms with Crippen molar-refractivity contribution in [1.82, 2.24) is 10.2 Å². The van der Waals surface area contributed by atoms with Gasteiger partial charge in [0.1, 0.15) is 0 Å². The van der Waals surface area contributed by atoms with Gasteiger partial charge in [0.2, 0.25) is 5.13 Å². The Morgan fingerprint density at radius 3 is 3.00 bits per heavy atom. The van der Waals surface area contributed by atoms with Crippen molar-refractivity contribution in [3.63, 3.8) is 0 Å². The SMILES string of the molecule is Nc1nnc(S[C@H]2/C(=N\O)[C@H]3CC[C@H]2C3)s1. The molecule has 0 saturated heterocycles. The highest BCUT2D eigenvalue weighted by Gasteiger charge is 2.46.